The van der Waals surface area contributed by atoms with Crippen molar-refractivity contribution < 1.29 is 9.26 Å². The lowest BCUT2D eigenvalue weighted by Gasteiger charge is -2.34. The van der Waals surface area contributed by atoms with Crippen LogP contribution < -0.4 is 10.5 Å². The van der Waals surface area contributed by atoms with Gasteiger partial charge < -0.3 is 15.0 Å². The second kappa shape index (κ2) is 5.47. The molecule has 0 unspecified atom stereocenters. The van der Waals surface area contributed by atoms with Crippen molar-refractivity contribution in [2.45, 2.75) is 31.4 Å². The van der Waals surface area contributed by atoms with Crippen LogP contribution in [0.1, 0.15) is 31.0 Å². The molecule has 23 heavy (non-hydrogen) atoms. The van der Waals surface area contributed by atoms with Gasteiger partial charge in [-0.3, -0.25) is 4.98 Å². The molecule has 0 bridgehead atoms. The number of pyridine rings is 1. The third kappa shape index (κ3) is 2.54. The number of nitrogens with zero attached hydrogens (tertiary/aromatic N) is 3. The molecule has 1 aromatic carbocycles. The van der Waals surface area contributed by atoms with Crippen molar-refractivity contribution in [3.05, 3.63) is 47.2 Å². The molecule has 1 aliphatic rings. The zero-order valence-electron chi connectivity index (χ0n) is 12.3. The summed E-state index contributed by atoms with van der Waals surface area (Å²) < 4.78 is 11.0. The van der Waals surface area contributed by atoms with Gasteiger partial charge in [0.25, 0.3) is 5.89 Å². The lowest BCUT2D eigenvalue weighted by molar-refractivity contribution is 0.223. The Hall–Kier alpha value is -2.18. The minimum atomic E-state index is -0.434. The molecule has 2 aromatic heterocycles. The number of benzene rings is 1. The zero-order chi connectivity index (χ0) is 15.9. The molecule has 4 rings (SSSR count). The van der Waals surface area contributed by atoms with E-state index in [0.29, 0.717) is 28.0 Å². The minimum Gasteiger partial charge on any atom is -0.481 e. The monoisotopic (exact) mass is 330 g/mol. The minimum absolute atomic E-state index is 0.163. The van der Waals surface area contributed by atoms with Crippen LogP contribution in [-0.4, -0.2) is 15.1 Å². The van der Waals surface area contributed by atoms with Crippen molar-refractivity contribution in [1.29, 1.82) is 0 Å². The number of ether oxygens (including phenoxy) is 1. The predicted molar refractivity (Wildman–Crippen MR) is 85.1 cm³/mol. The topological polar surface area (TPSA) is 87.1 Å². The van der Waals surface area contributed by atoms with Gasteiger partial charge in [0.1, 0.15) is 11.3 Å². The van der Waals surface area contributed by atoms with E-state index in [4.69, 9.17) is 26.6 Å². The Morgan fingerprint density at radius 3 is 2.96 bits per heavy atom. The summed E-state index contributed by atoms with van der Waals surface area (Å²) in [7, 11) is 0. The summed E-state index contributed by atoms with van der Waals surface area (Å²) in [6.45, 7) is 0.163. The SMILES string of the molecule is NC1(c2noc(COc3ccc(Cl)c4cccnc34)n2)CCC1. The van der Waals surface area contributed by atoms with E-state index in [1.165, 1.54) is 0 Å². The Balaban J connectivity index is 1.55. The van der Waals surface area contributed by atoms with E-state index in [0.717, 1.165) is 24.6 Å². The maximum absolute atomic E-state index is 6.19. The van der Waals surface area contributed by atoms with Crippen LogP contribution in [0.2, 0.25) is 5.02 Å². The first kappa shape index (κ1) is 14.4. The fourth-order valence-electron chi connectivity index (χ4n) is 2.66. The van der Waals surface area contributed by atoms with E-state index in [-0.39, 0.29) is 6.61 Å². The van der Waals surface area contributed by atoms with E-state index < -0.39 is 5.54 Å². The average Bonchev–Trinajstić information content (AvgIpc) is 3.02. The van der Waals surface area contributed by atoms with Gasteiger partial charge in [-0.15, -0.1) is 0 Å². The Kier molecular flexibility index (Phi) is 3.43. The highest BCUT2D eigenvalue weighted by molar-refractivity contribution is 6.35. The van der Waals surface area contributed by atoms with Crippen molar-refractivity contribution in [3.63, 3.8) is 0 Å². The standard InChI is InChI=1S/C16H15ClN4O2/c17-11-4-5-12(14-10(11)3-1-8-19-14)22-9-13-20-15(21-23-13)16(18)6-2-7-16/h1,3-5,8H,2,6-7,9,18H2. The highest BCUT2D eigenvalue weighted by atomic mass is 35.5. The molecule has 0 spiro atoms. The van der Waals surface area contributed by atoms with Gasteiger partial charge in [-0.1, -0.05) is 16.8 Å². The van der Waals surface area contributed by atoms with Crippen molar-refractivity contribution in [2.24, 2.45) is 5.73 Å². The molecule has 0 saturated heterocycles. The zero-order valence-corrected chi connectivity index (χ0v) is 13.1. The molecule has 1 saturated carbocycles. The summed E-state index contributed by atoms with van der Waals surface area (Å²) in [6.07, 6.45) is 4.57. The predicted octanol–water partition coefficient (Wildman–Crippen LogP) is 3.19. The summed E-state index contributed by atoms with van der Waals surface area (Å²) >= 11 is 6.17. The molecule has 118 valence electrons. The van der Waals surface area contributed by atoms with Gasteiger partial charge in [0.2, 0.25) is 0 Å². The summed E-state index contributed by atoms with van der Waals surface area (Å²) in [5.41, 5.74) is 6.45. The molecule has 1 fully saturated rings. The van der Waals surface area contributed by atoms with Crippen LogP contribution >= 0.6 is 11.6 Å². The van der Waals surface area contributed by atoms with Crippen molar-refractivity contribution in [1.82, 2.24) is 15.1 Å². The van der Waals surface area contributed by atoms with Gasteiger partial charge in [0, 0.05) is 11.6 Å². The lowest BCUT2D eigenvalue weighted by Crippen LogP contribution is -2.44. The van der Waals surface area contributed by atoms with Crippen LogP contribution in [-0.2, 0) is 12.1 Å². The number of halogens is 1. The maximum Gasteiger partial charge on any atom is 0.264 e. The van der Waals surface area contributed by atoms with Crippen molar-refractivity contribution in [3.8, 4) is 5.75 Å². The van der Waals surface area contributed by atoms with E-state index in [1.54, 1.807) is 18.3 Å². The molecular formula is C16H15ClN4O2. The first-order valence-electron chi connectivity index (χ1n) is 7.44. The number of fused-ring (bicyclic) bond motifs is 1. The Bertz CT molecular complexity index is 860. The van der Waals surface area contributed by atoms with Gasteiger partial charge in [-0.2, -0.15) is 4.98 Å². The fraction of sp³-hybridized carbons (Fsp3) is 0.312. The molecule has 0 atom stereocenters. The largest absolute Gasteiger partial charge is 0.481 e. The van der Waals surface area contributed by atoms with Crippen molar-refractivity contribution in [2.75, 3.05) is 0 Å². The second-order valence-corrected chi connectivity index (χ2v) is 6.16. The number of nitrogens with two attached hydrogens (primary N) is 1. The molecule has 2 N–H and O–H groups in total. The van der Waals surface area contributed by atoms with E-state index in [9.17, 15) is 0 Å². The number of rotatable bonds is 4. The lowest BCUT2D eigenvalue weighted by atomic mass is 9.77. The molecular weight excluding hydrogens is 316 g/mol. The highest BCUT2D eigenvalue weighted by Gasteiger charge is 2.39. The normalized spacial score (nSPS) is 16.3. The second-order valence-electron chi connectivity index (χ2n) is 5.76. The molecule has 0 amide bonds. The third-order valence-electron chi connectivity index (χ3n) is 4.19. The van der Waals surface area contributed by atoms with Crippen LogP contribution in [0.5, 0.6) is 5.75 Å². The molecule has 0 aliphatic heterocycles. The Morgan fingerprint density at radius 2 is 2.17 bits per heavy atom. The molecule has 0 radical (unpaired) electrons. The van der Waals surface area contributed by atoms with Gasteiger partial charge >= 0.3 is 0 Å². The van der Waals surface area contributed by atoms with E-state index in [2.05, 4.69) is 15.1 Å². The van der Waals surface area contributed by atoms with E-state index >= 15 is 0 Å². The van der Waals surface area contributed by atoms with Crippen LogP contribution in [0.4, 0.5) is 0 Å². The van der Waals surface area contributed by atoms with Gasteiger partial charge in [0.05, 0.1) is 10.6 Å². The average molecular weight is 331 g/mol. The number of hydrogen-bond donors (Lipinski definition) is 1. The number of aromatic nitrogens is 3. The van der Waals surface area contributed by atoms with E-state index in [1.807, 2.05) is 12.1 Å². The summed E-state index contributed by atoms with van der Waals surface area (Å²) in [6, 6.07) is 7.30. The Labute approximate surface area is 137 Å². The summed E-state index contributed by atoms with van der Waals surface area (Å²) in [5, 5.41) is 5.45. The smallest absolute Gasteiger partial charge is 0.264 e. The molecule has 7 heteroatoms. The van der Waals surface area contributed by atoms with Crippen LogP contribution in [0.3, 0.4) is 0 Å². The first-order chi connectivity index (χ1) is 11.2. The van der Waals surface area contributed by atoms with Crippen LogP contribution in [0.15, 0.2) is 35.0 Å². The van der Waals surface area contributed by atoms with Gasteiger partial charge in [-0.05, 0) is 43.5 Å². The van der Waals surface area contributed by atoms with Gasteiger partial charge in [0.15, 0.2) is 12.4 Å². The first-order valence-corrected chi connectivity index (χ1v) is 7.81. The molecule has 3 aromatic rings. The quantitative estimate of drug-likeness (QED) is 0.790. The summed E-state index contributed by atoms with van der Waals surface area (Å²) in [4.78, 5) is 8.67. The molecule has 6 nitrogen and oxygen atoms in total. The summed E-state index contributed by atoms with van der Waals surface area (Å²) in [5.74, 6) is 1.58. The highest BCUT2D eigenvalue weighted by Crippen LogP contribution is 2.37. The molecule has 1 aliphatic carbocycles. The Morgan fingerprint density at radius 1 is 1.30 bits per heavy atom. The van der Waals surface area contributed by atoms with Gasteiger partial charge in [-0.25, -0.2) is 0 Å². The van der Waals surface area contributed by atoms with Crippen LogP contribution in [0.25, 0.3) is 10.9 Å². The molecule has 2 heterocycles. The number of hydrogen-bond acceptors (Lipinski definition) is 6. The maximum atomic E-state index is 6.19. The van der Waals surface area contributed by atoms with Crippen LogP contribution in [0, 0.1) is 0 Å². The van der Waals surface area contributed by atoms with Crippen molar-refractivity contribution >= 4 is 22.5 Å². The third-order valence-corrected chi connectivity index (χ3v) is 4.52. The fourth-order valence-corrected chi connectivity index (χ4v) is 2.88.